The van der Waals surface area contributed by atoms with Gasteiger partial charge in [-0.25, -0.2) is 4.79 Å². The number of rotatable bonds is 6. The maximum absolute atomic E-state index is 12.1. The lowest BCUT2D eigenvalue weighted by molar-refractivity contribution is 0.0636. The summed E-state index contributed by atoms with van der Waals surface area (Å²) in [5.74, 6) is 3.11. The minimum absolute atomic E-state index is 0.255. The Hall–Kier alpha value is -3.18. The molecule has 5 nitrogen and oxygen atoms in total. The molecule has 0 aliphatic rings. The van der Waals surface area contributed by atoms with E-state index in [0.29, 0.717) is 22.8 Å². The highest BCUT2D eigenvalue weighted by Crippen LogP contribution is 2.28. The first-order valence-corrected chi connectivity index (χ1v) is 7.09. The van der Waals surface area contributed by atoms with Crippen molar-refractivity contribution >= 4 is 5.97 Å². The van der Waals surface area contributed by atoms with Gasteiger partial charge in [-0.15, -0.1) is 12.3 Å². The third kappa shape index (κ3) is 7.20. The fourth-order valence-corrected chi connectivity index (χ4v) is 1.55. The van der Waals surface area contributed by atoms with Crippen LogP contribution in [0.3, 0.4) is 0 Å². The maximum Gasteiger partial charge on any atom is 0.343 e. The lowest BCUT2D eigenvalue weighted by Gasteiger charge is -2.09. The Morgan fingerprint density at radius 1 is 1.29 bits per heavy atom. The number of ether oxygens (including phenoxy) is 3. The van der Waals surface area contributed by atoms with Crippen LogP contribution in [0.1, 0.15) is 30.6 Å². The van der Waals surface area contributed by atoms with E-state index in [1.807, 2.05) is 6.07 Å². The number of carbonyl (C=O) groups is 1. The van der Waals surface area contributed by atoms with Gasteiger partial charge in [-0.05, 0) is 44.2 Å². The monoisotopic (exact) mass is 327 g/mol. The molecule has 126 valence electrons. The van der Waals surface area contributed by atoms with Crippen LogP contribution in [0, 0.1) is 23.7 Å². The highest BCUT2D eigenvalue weighted by Gasteiger charge is 2.12. The van der Waals surface area contributed by atoms with Crippen LogP contribution in [0.5, 0.6) is 11.5 Å². The fraction of sp³-hybridized carbons (Fsp3) is 0.263. The Morgan fingerprint density at radius 2 is 1.92 bits per heavy atom. The molecule has 0 fully saturated rings. The van der Waals surface area contributed by atoms with Crippen molar-refractivity contribution in [1.82, 2.24) is 0 Å². The Balaban J connectivity index is 0.00000163. The van der Waals surface area contributed by atoms with Crippen molar-refractivity contribution in [1.29, 1.82) is 5.26 Å². The summed E-state index contributed by atoms with van der Waals surface area (Å²) < 4.78 is 15.5. The van der Waals surface area contributed by atoms with Crippen molar-refractivity contribution < 1.29 is 19.0 Å². The summed E-state index contributed by atoms with van der Waals surface area (Å²) in [7, 11) is 3.02. The molecule has 0 unspecified atom stereocenters. The molecule has 1 rings (SSSR count). The number of nitriles is 1. The van der Waals surface area contributed by atoms with E-state index in [0.717, 1.165) is 0 Å². The van der Waals surface area contributed by atoms with Crippen LogP contribution >= 0.6 is 0 Å². The van der Waals surface area contributed by atoms with Gasteiger partial charge in [0.2, 0.25) is 0 Å². The molecule has 1 aromatic carbocycles. The molecule has 1 aromatic rings. The minimum atomic E-state index is -0.509. The molecule has 0 heterocycles. The number of carbonyl (C=O) groups excluding carboxylic acids is 1. The molecule has 0 saturated heterocycles. The number of hydrogen-bond donors (Lipinski definition) is 0. The van der Waals surface area contributed by atoms with Gasteiger partial charge in [0.05, 0.1) is 32.3 Å². The van der Waals surface area contributed by atoms with Crippen molar-refractivity contribution in [3.63, 3.8) is 0 Å². The first kappa shape index (κ1) is 20.8. The van der Waals surface area contributed by atoms with Crippen molar-refractivity contribution in [3.8, 4) is 29.9 Å². The van der Waals surface area contributed by atoms with Gasteiger partial charge in [-0.2, -0.15) is 5.26 Å². The van der Waals surface area contributed by atoms with Crippen LogP contribution in [0.15, 0.2) is 42.2 Å². The van der Waals surface area contributed by atoms with Crippen LogP contribution in [0.2, 0.25) is 0 Å². The number of terminal acetylenes is 1. The van der Waals surface area contributed by atoms with Crippen molar-refractivity contribution in [3.05, 3.63) is 47.7 Å². The molecule has 0 aliphatic carbocycles. The number of esters is 1. The number of hydrogen-bond acceptors (Lipinski definition) is 5. The SMILES string of the molecule is C#CC.C/C=C(\C=C/CC#N)OC(=O)c1ccc(OC)c(OC)c1. The van der Waals surface area contributed by atoms with Crippen LogP contribution < -0.4 is 9.47 Å². The molecule has 5 heteroatoms. The standard InChI is InChI=1S/C16H17NO4.C3H4/c1-4-13(7-5-6-10-17)21-16(18)12-8-9-14(19-2)15(11-12)20-3;1-3-2/h4-5,7-9,11H,6H2,1-3H3;1H,2H3/b7-5-,13-4+;. The summed E-state index contributed by atoms with van der Waals surface area (Å²) >= 11 is 0. The minimum Gasteiger partial charge on any atom is -0.493 e. The zero-order valence-corrected chi connectivity index (χ0v) is 14.3. The van der Waals surface area contributed by atoms with Gasteiger partial charge in [0.25, 0.3) is 0 Å². The summed E-state index contributed by atoms with van der Waals surface area (Å²) in [6.45, 7) is 3.40. The fourth-order valence-electron chi connectivity index (χ4n) is 1.55. The largest absolute Gasteiger partial charge is 0.493 e. The van der Waals surface area contributed by atoms with E-state index in [1.54, 1.807) is 50.3 Å². The lowest BCUT2D eigenvalue weighted by atomic mass is 10.2. The highest BCUT2D eigenvalue weighted by atomic mass is 16.5. The van der Waals surface area contributed by atoms with Crippen molar-refractivity contribution in [2.45, 2.75) is 20.3 Å². The molecule has 0 aliphatic heterocycles. The van der Waals surface area contributed by atoms with Crippen LogP contribution in [-0.2, 0) is 4.74 Å². The Morgan fingerprint density at radius 3 is 2.42 bits per heavy atom. The average molecular weight is 327 g/mol. The molecule has 0 spiro atoms. The van der Waals surface area contributed by atoms with Crippen LogP contribution in [-0.4, -0.2) is 20.2 Å². The maximum atomic E-state index is 12.1. The van der Waals surface area contributed by atoms with Crippen molar-refractivity contribution in [2.75, 3.05) is 14.2 Å². The second-order valence-electron chi connectivity index (χ2n) is 4.20. The first-order valence-electron chi connectivity index (χ1n) is 7.09. The molecule has 0 bridgehead atoms. The van der Waals surface area contributed by atoms with Gasteiger partial charge < -0.3 is 14.2 Å². The predicted octanol–water partition coefficient (Wildman–Crippen LogP) is 3.87. The molecule has 0 aromatic heterocycles. The number of nitrogens with zero attached hydrogens (tertiary/aromatic N) is 1. The Kier molecular flexibility index (Phi) is 10.7. The zero-order chi connectivity index (χ0) is 18.4. The van der Waals surface area contributed by atoms with E-state index in [4.69, 9.17) is 19.5 Å². The van der Waals surface area contributed by atoms with E-state index in [2.05, 4.69) is 12.3 Å². The van der Waals surface area contributed by atoms with Crippen LogP contribution in [0.25, 0.3) is 0 Å². The highest BCUT2D eigenvalue weighted by molar-refractivity contribution is 5.91. The lowest BCUT2D eigenvalue weighted by Crippen LogP contribution is -2.05. The third-order valence-electron chi connectivity index (χ3n) is 2.61. The summed E-state index contributed by atoms with van der Waals surface area (Å²) in [6.07, 6.45) is 9.71. The number of allylic oxidation sites excluding steroid dienone is 3. The molecule has 0 radical (unpaired) electrons. The molecular formula is C19H21NO4. The first-order chi connectivity index (χ1) is 11.6. The summed E-state index contributed by atoms with van der Waals surface area (Å²) in [5, 5.41) is 8.46. The van der Waals surface area contributed by atoms with Gasteiger partial charge in [0, 0.05) is 0 Å². The molecular weight excluding hydrogens is 306 g/mol. The van der Waals surface area contributed by atoms with Gasteiger partial charge in [-0.3, -0.25) is 0 Å². The van der Waals surface area contributed by atoms with Crippen molar-refractivity contribution in [2.24, 2.45) is 0 Å². The van der Waals surface area contributed by atoms with E-state index in [9.17, 15) is 4.79 Å². The van der Waals surface area contributed by atoms with Gasteiger partial charge in [0.15, 0.2) is 11.5 Å². The van der Waals surface area contributed by atoms with E-state index in [-0.39, 0.29) is 6.42 Å². The summed E-state index contributed by atoms with van der Waals surface area (Å²) in [5.41, 5.74) is 0.348. The average Bonchev–Trinajstić information content (AvgIpc) is 2.60. The summed E-state index contributed by atoms with van der Waals surface area (Å²) in [6, 6.07) is 6.75. The van der Waals surface area contributed by atoms with Gasteiger partial charge in [0.1, 0.15) is 5.76 Å². The van der Waals surface area contributed by atoms with Crippen LogP contribution in [0.4, 0.5) is 0 Å². The molecule has 0 atom stereocenters. The van der Waals surface area contributed by atoms with Gasteiger partial charge >= 0.3 is 5.97 Å². The number of methoxy groups -OCH3 is 2. The topological polar surface area (TPSA) is 68.5 Å². The quantitative estimate of drug-likeness (QED) is 0.343. The van der Waals surface area contributed by atoms with E-state index < -0.39 is 5.97 Å². The molecule has 0 amide bonds. The normalized spacial score (nSPS) is 10.0. The second kappa shape index (κ2) is 12.4. The molecule has 0 N–H and O–H groups in total. The second-order valence-corrected chi connectivity index (χ2v) is 4.20. The molecule has 24 heavy (non-hydrogen) atoms. The Bertz CT molecular complexity index is 676. The third-order valence-corrected chi connectivity index (χ3v) is 2.61. The number of benzene rings is 1. The smallest absolute Gasteiger partial charge is 0.343 e. The van der Waals surface area contributed by atoms with Gasteiger partial charge in [-0.1, -0.05) is 6.08 Å². The summed E-state index contributed by atoms with van der Waals surface area (Å²) in [4.78, 5) is 12.1. The Labute approximate surface area is 143 Å². The van der Waals surface area contributed by atoms with E-state index in [1.165, 1.54) is 14.2 Å². The van der Waals surface area contributed by atoms with E-state index >= 15 is 0 Å². The zero-order valence-electron chi connectivity index (χ0n) is 14.3. The predicted molar refractivity (Wildman–Crippen MR) is 92.6 cm³/mol. The molecule has 0 saturated carbocycles.